The van der Waals surface area contributed by atoms with Gasteiger partial charge in [-0.05, 0) is 85.1 Å². The van der Waals surface area contributed by atoms with Gasteiger partial charge >= 0.3 is 0 Å². The highest BCUT2D eigenvalue weighted by molar-refractivity contribution is 6.05. The summed E-state index contributed by atoms with van der Waals surface area (Å²) < 4.78 is 0. The van der Waals surface area contributed by atoms with E-state index in [-0.39, 0.29) is 24.2 Å². The van der Waals surface area contributed by atoms with Crippen LogP contribution in [0.4, 0.5) is 11.4 Å². The molecule has 200 valence electrons. The molecule has 0 bridgehead atoms. The minimum Gasteiger partial charge on any atom is -0.370 e. The van der Waals surface area contributed by atoms with Crippen molar-refractivity contribution in [2.45, 2.75) is 12.8 Å². The lowest BCUT2D eigenvalue weighted by atomic mass is 10.1. The second-order valence-corrected chi connectivity index (χ2v) is 9.07. The van der Waals surface area contributed by atoms with Crippen LogP contribution < -0.4 is 21.3 Å². The van der Waals surface area contributed by atoms with E-state index in [1.54, 1.807) is 30.3 Å². The summed E-state index contributed by atoms with van der Waals surface area (Å²) in [5.74, 6) is 1.36. The molecule has 3 aromatic carbocycles. The van der Waals surface area contributed by atoms with Crippen LogP contribution in [-0.2, 0) is 4.79 Å². The fraction of sp³-hybridized carbons (Fsp3) is 0.200. The molecule has 0 radical (unpaired) electrons. The molecule has 0 aromatic heterocycles. The summed E-state index contributed by atoms with van der Waals surface area (Å²) in [6.45, 7) is 3.52. The monoisotopic (exact) mass is 542 g/mol. The maximum absolute atomic E-state index is 12.7. The Labute approximate surface area is 234 Å². The Hall–Kier alpha value is -4.43. The quantitative estimate of drug-likeness (QED) is 0.330. The van der Waals surface area contributed by atoms with Gasteiger partial charge in [-0.1, -0.05) is 12.1 Å². The van der Waals surface area contributed by atoms with Gasteiger partial charge < -0.3 is 21.3 Å². The number of carbonyl (C=O) groups is 2. The fourth-order valence-corrected chi connectivity index (χ4v) is 4.18. The third kappa shape index (κ3) is 7.55. The van der Waals surface area contributed by atoms with Gasteiger partial charge in [-0.15, -0.1) is 12.4 Å². The first-order valence-corrected chi connectivity index (χ1v) is 12.8. The molecule has 39 heavy (non-hydrogen) atoms. The number of hydrogen-bond donors (Lipinski definition) is 4. The summed E-state index contributed by atoms with van der Waals surface area (Å²) in [4.78, 5) is 34.0. The lowest BCUT2D eigenvalue weighted by Gasteiger charge is -2.15. The zero-order valence-corrected chi connectivity index (χ0v) is 22.3. The van der Waals surface area contributed by atoms with Crippen LogP contribution >= 0.6 is 12.4 Å². The van der Waals surface area contributed by atoms with Gasteiger partial charge in [0, 0.05) is 60.3 Å². The smallest absolute Gasteiger partial charge is 0.255 e. The average Bonchev–Trinajstić information content (AvgIpc) is 2.98. The summed E-state index contributed by atoms with van der Waals surface area (Å²) in [5.41, 5.74) is 4.79. The van der Waals surface area contributed by atoms with E-state index in [0.29, 0.717) is 16.9 Å². The number of amides is 2. The Balaban J connectivity index is 0.00000353. The maximum Gasteiger partial charge on any atom is 0.255 e. The lowest BCUT2D eigenvalue weighted by Crippen LogP contribution is -2.30. The molecule has 9 heteroatoms. The van der Waals surface area contributed by atoms with Gasteiger partial charge in [0.25, 0.3) is 5.91 Å². The van der Waals surface area contributed by atoms with Crippen molar-refractivity contribution >= 4 is 53.3 Å². The van der Waals surface area contributed by atoms with Gasteiger partial charge in [0.2, 0.25) is 5.91 Å². The number of amidine groups is 2. The zero-order chi connectivity index (χ0) is 26.2. The van der Waals surface area contributed by atoms with Crippen LogP contribution in [0.3, 0.4) is 0 Å². The van der Waals surface area contributed by atoms with Crippen LogP contribution in [0, 0.1) is 0 Å². The van der Waals surface area contributed by atoms with E-state index in [9.17, 15) is 9.59 Å². The van der Waals surface area contributed by atoms with Crippen molar-refractivity contribution in [2.24, 2.45) is 9.98 Å². The number of carbonyl (C=O) groups excluding carboxylic acids is 2. The van der Waals surface area contributed by atoms with E-state index in [4.69, 9.17) is 0 Å². The Kier molecular flexibility index (Phi) is 9.48. The van der Waals surface area contributed by atoms with E-state index >= 15 is 0 Å². The van der Waals surface area contributed by atoms with E-state index in [1.165, 1.54) is 6.08 Å². The Morgan fingerprint density at radius 3 is 1.69 bits per heavy atom. The van der Waals surface area contributed by atoms with Gasteiger partial charge in [-0.3, -0.25) is 19.6 Å². The lowest BCUT2D eigenvalue weighted by molar-refractivity contribution is -0.111. The zero-order valence-electron chi connectivity index (χ0n) is 21.4. The molecule has 2 heterocycles. The summed E-state index contributed by atoms with van der Waals surface area (Å²) in [7, 11) is 0. The van der Waals surface area contributed by atoms with Crippen molar-refractivity contribution in [1.29, 1.82) is 0 Å². The van der Waals surface area contributed by atoms with Crippen LogP contribution in [0.2, 0.25) is 0 Å². The van der Waals surface area contributed by atoms with Crippen LogP contribution in [0.1, 0.15) is 39.9 Å². The molecule has 0 saturated carbocycles. The average molecular weight is 543 g/mol. The molecular formula is C30H31ClN6O2. The predicted octanol–water partition coefficient (Wildman–Crippen LogP) is 4.49. The minimum atomic E-state index is -0.231. The van der Waals surface area contributed by atoms with Crippen LogP contribution in [-0.4, -0.2) is 49.7 Å². The normalized spacial score (nSPS) is 14.7. The highest BCUT2D eigenvalue weighted by atomic mass is 35.5. The van der Waals surface area contributed by atoms with Gasteiger partial charge in [0.05, 0.1) is 0 Å². The number of hydrogen-bond acceptors (Lipinski definition) is 6. The molecule has 0 spiro atoms. The fourth-order valence-electron chi connectivity index (χ4n) is 4.18. The summed E-state index contributed by atoms with van der Waals surface area (Å²) in [6.07, 6.45) is 5.28. The van der Waals surface area contributed by atoms with E-state index in [2.05, 4.69) is 31.3 Å². The van der Waals surface area contributed by atoms with Crippen molar-refractivity contribution in [3.63, 3.8) is 0 Å². The highest BCUT2D eigenvalue weighted by Crippen LogP contribution is 2.15. The summed E-state index contributed by atoms with van der Waals surface area (Å²) in [5, 5.41) is 12.4. The third-order valence-electron chi connectivity index (χ3n) is 6.24. The van der Waals surface area contributed by atoms with Crippen molar-refractivity contribution in [3.05, 3.63) is 101 Å². The number of nitrogens with one attached hydrogen (secondary N) is 4. The second-order valence-electron chi connectivity index (χ2n) is 9.07. The molecule has 2 amide bonds. The molecule has 4 N–H and O–H groups in total. The first-order valence-electron chi connectivity index (χ1n) is 12.8. The Morgan fingerprint density at radius 1 is 0.692 bits per heavy atom. The third-order valence-corrected chi connectivity index (χ3v) is 6.24. The number of benzene rings is 3. The first kappa shape index (κ1) is 27.6. The molecule has 2 aliphatic heterocycles. The first-order chi connectivity index (χ1) is 18.6. The van der Waals surface area contributed by atoms with E-state index in [0.717, 1.165) is 67.4 Å². The molecule has 0 saturated heterocycles. The predicted molar refractivity (Wildman–Crippen MR) is 160 cm³/mol. The van der Waals surface area contributed by atoms with Crippen LogP contribution in [0.5, 0.6) is 0 Å². The minimum absolute atomic E-state index is 0. The molecule has 8 nitrogen and oxygen atoms in total. The Morgan fingerprint density at radius 2 is 1.21 bits per heavy atom. The van der Waals surface area contributed by atoms with Gasteiger partial charge in [-0.2, -0.15) is 0 Å². The van der Waals surface area contributed by atoms with Crippen molar-refractivity contribution < 1.29 is 9.59 Å². The van der Waals surface area contributed by atoms with Gasteiger partial charge in [0.15, 0.2) is 0 Å². The summed E-state index contributed by atoms with van der Waals surface area (Å²) in [6, 6.07) is 22.3. The number of aliphatic imine (C=N–C) groups is 2. The number of rotatable bonds is 7. The SMILES string of the molecule is Cl.O=C(/C=C\c1ccc(C(=O)Nc2ccc(C3=NCCCN3)cc2)cc1)Nc1ccc(C2=NCCCN2)cc1. The molecule has 5 rings (SSSR count). The van der Waals surface area contributed by atoms with Crippen molar-refractivity contribution in [3.8, 4) is 0 Å². The molecular weight excluding hydrogens is 512 g/mol. The number of anilines is 2. The standard InChI is InChI=1S/C30H30N6O2.ClH/c37-27(35-25-12-8-22(9-13-25)28-31-17-1-18-32-28)16-5-21-3-6-24(7-4-21)30(38)36-26-14-10-23(11-15-26)29-33-19-2-20-34-29;/h3-16H,1-2,17-20H2,(H,31,32)(H,33,34)(H,35,37)(H,36,38);1H/b16-5-;. The molecule has 3 aromatic rings. The van der Waals surface area contributed by atoms with Gasteiger partial charge in [0.1, 0.15) is 11.7 Å². The van der Waals surface area contributed by atoms with E-state index < -0.39 is 0 Å². The maximum atomic E-state index is 12.7. The molecule has 0 atom stereocenters. The largest absolute Gasteiger partial charge is 0.370 e. The van der Waals surface area contributed by atoms with Crippen molar-refractivity contribution in [1.82, 2.24) is 10.6 Å². The number of nitrogens with zero attached hydrogens (tertiary/aromatic N) is 2. The van der Waals surface area contributed by atoms with Crippen LogP contribution in [0.15, 0.2) is 88.9 Å². The molecule has 0 fully saturated rings. The topological polar surface area (TPSA) is 107 Å². The highest BCUT2D eigenvalue weighted by Gasteiger charge is 2.10. The molecule has 0 unspecified atom stereocenters. The van der Waals surface area contributed by atoms with Crippen LogP contribution in [0.25, 0.3) is 6.08 Å². The van der Waals surface area contributed by atoms with E-state index in [1.807, 2.05) is 48.5 Å². The van der Waals surface area contributed by atoms with Gasteiger partial charge in [-0.25, -0.2) is 0 Å². The second kappa shape index (κ2) is 13.4. The Bertz CT molecular complexity index is 1380. The molecule has 0 aliphatic carbocycles. The molecule has 2 aliphatic rings. The summed E-state index contributed by atoms with van der Waals surface area (Å²) >= 11 is 0. The number of halogens is 1. The van der Waals surface area contributed by atoms with Crippen molar-refractivity contribution in [2.75, 3.05) is 36.8 Å².